The Hall–Kier alpha value is -1.26. The molecule has 4 nitrogen and oxygen atoms in total. The van der Waals surface area contributed by atoms with E-state index in [4.69, 9.17) is 9.47 Å². The Morgan fingerprint density at radius 3 is 2.82 bits per heavy atom. The van der Waals surface area contributed by atoms with E-state index in [0.29, 0.717) is 18.8 Å². The highest BCUT2D eigenvalue weighted by Crippen LogP contribution is 2.48. The van der Waals surface area contributed by atoms with E-state index in [0.717, 1.165) is 43.2 Å². The number of piperidine rings is 1. The number of hydrogen-bond donors (Lipinski definition) is 1. The fourth-order valence-electron chi connectivity index (χ4n) is 5.06. The maximum absolute atomic E-state index is 10.0. The summed E-state index contributed by atoms with van der Waals surface area (Å²) in [6.45, 7) is 2.71. The van der Waals surface area contributed by atoms with Crippen molar-refractivity contribution in [3.8, 4) is 11.5 Å². The van der Waals surface area contributed by atoms with Crippen molar-refractivity contribution in [2.24, 2.45) is 11.8 Å². The van der Waals surface area contributed by atoms with E-state index in [1.54, 1.807) is 0 Å². The predicted octanol–water partition coefficient (Wildman–Crippen LogP) is 2.50. The van der Waals surface area contributed by atoms with Gasteiger partial charge in [0.1, 0.15) is 0 Å². The zero-order chi connectivity index (χ0) is 14.7. The average molecular weight is 301 g/mol. The molecule has 4 aliphatic rings. The van der Waals surface area contributed by atoms with E-state index in [2.05, 4.69) is 17.0 Å². The Morgan fingerprint density at radius 1 is 1.05 bits per heavy atom. The lowest BCUT2D eigenvalue weighted by atomic mass is 9.69. The lowest BCUT2D eigenvalue weighted by Gasteiger charge is -2.49. The molecule has 0 amide bonds. The normalized spacial score (nSPS) is 36.4. The van der Waals surface area contributed by atoms with Gasteiger partial charge in [-0.25, -0.2) is 0 Å². The maximum atomic E-state index is 10.0. The summed E-state index contributed by atoms with van der Waals surface area (Å²) in [5, 5.41) is 10.0. The Bertz CT molecular complexity index is 602. The van der Waals surface area contributed by atoms with Gasteiger partial charge in [0.25, 0.3) is 0 Å². The number of aliphatic hydroxyl groups is 1. The Kier molecular flexibility index (Phi) is 2.92. The molecular weight excluding hydrogens is 278 g/mol. The first-order valence-electron chi connectivity index (χ1n) is 8.62. The Balaban J connectivity index is 1.48. The standard InChI is InChI=1S/C18H23NO3/c20-14-2-1-12-9-19-4-3-11-7-17-18(22-10-21-17)8-15(11)16(19)6-13(12)5-14/h7-8,12-14,16,20H,1-6,9-10H2/t12?,13-,14+,16+/m0/s1. The number of benzene rings is 1. The molecule has 0 aromatic heterocycles. The van der Waals surface area contributed by atoms with Crippen molar-refractivity contribution in [2.75, 3.05) is 19.9 Å². The van der Waals surface area contributed by atoms with Gasteiger partial charge in [0, 0.05) is 19.1 Å². The van der Waals surface area contributed by atoms with Gasteiger partial charge in [-0.3, -0.25) is 4.90 Å². The van der Waals surface area contributed by atoms with Crippen molar-refractivity contribution in [3.05, 3.63) is 23.3 Å². The van der Waals surface area contributed by atoms with Crippen LogP contribution in [0.5, 0.6) is 11.5 Å². The fourth-order valence-corrected chi connectivity index (χ4v) is 5.06. The van der Waals surface area contributed by atoms with E-state index >= 15 is 0 Å². The third-order valence-corrected chi connectivity index (χ3v) is 6.21. The van der Waals surface area contributed by atoms with E-state index in [-0.39, 0.29) is 6.10 Å². The minimum absolute atomic E-state index is 0.0763. The molecule has 0 radical (unpaired) electrons. The molecule has 2 fully saturated rings. The van der Waals surface area contributed by atoms with E-state index in [1.807, 2.05) is 0 Å². The van der Waals surface area contributed by atoms with Crippen molar-refractivity contribution in [1.82, 2.24) is 4.90 Å². The highest BCUT2D eigenvalue weighted by molar-refractivity contribution is 5.50. The van der Waals surface area contributed by atoms with Crippen LogP contribution < -0.4 is 9.47 Å². The molecule has 0 spiro atoms. The first-order valence-corrected chi connectivity index (χ1v) is 8.62. The molecular formula is C18H23NO3. The van der Waals surface area contributed by atoms with Crippen molar-refractivity contribution in [1.29, 1.82) is 0 Å². The van der Waals surface area contributed by atoms with Gasteiger partial charge in [0.05, 0.1) is 6.10 Å². The second kappa shape index (κ2) is 4.87. The van der Waals surface area contributed by atoms with Crippen molar-refractivity contribution in [2.45, 2.75) is 44.2 Å². The molecule has 4 atom stereocenters. The Labute approximate surface area is 131 Å². The van der Waals surface area contributed by atoms with Crippen molar-refractivity contribution in [3.63, 3.8) is 0 Å². The quantitative estimate of drug-likeness (QED) is 0.799. The molecule has 1 aromatic rings. The van der Waals surface area contributed by atoms with Crippen LogP contribution in [0.4, 0.5) is 0 Å². The largest absolute Gasteiger partial charge is 0.454 e. The van der Waals surface area contributed by atoms with Gasteiger partial charge in [-0.15, -0.1) is 0 Å². The smallest absolute Gasteiger partial charge is 0.231 e. The molecule has 0 bridgehead atoms. The third kappa shape index (κ3) is 1.97. The second-order valence-corrected chi connectivity index (χ2v) is 7.39. The van der Waals surface area contributed by atoms with Gasteiger partial charge in [-0.05, 0) is 67.2 Å². The summed E-state index contributed by atoms with van der Waals surface area (Å²) in [6.07, 6.45) is 5.41. The summed E-state index contributed by atoms with van der Waals surface area (Å²) >= 11 is 0. The molecule has 1 aliphatic carbocycles. The van der Waals surface area contributed by atoms with Crippen LogP contribution >= 0.6 is 0 Å². The summed E-state index contributed by atoms with van der Waals surface area (Å²) in [5.41, 5.74) is 2.87. The molecule has 1 N–H and O–H groups in total. The molecule has 22 heavy (non-hydrogen) atoms. The molecule has 1 saturated carbocycles. The number of fused-ring (bicyclic) bond motifs is 5. The number of nitrogens with zero attached hydrogens (tertiary/aromatic N) is 1. The van der Waals surface area contributed by atoms with Crippen LogP contribution in [0.15, 0.2) is 12.1 Å². The molecule has 5 rings (SSSR count). The van der Waals surface area contributed by atoms with Crippen molar-refractivity contribution >= 4 is 0 Å². The van der Waals surface area contributed by atoms with Crippen LogP contribution in [-0.2, 0) is 6.42 Å². The maximum Gasteiger partial charge on any atom is 0.231 e. The summed E-state index contributed by atoms with van der Waals surface area (Å²) in [7, 11) is 0. The molecule has 118 valence electrons. The fraction of sp³-hybridized carbons (Fsp3) is 0.667. The van der Waals surface area contributed by atoms with Gasteiger partial charge >= 0.3 is 0 Å². The van der Waals surface area contributed by atoms with Gasteiger partial charge in [0.2, 0.25) is 6.79 Å². The SMILES string of the molecule is O[C@@H]1CCC2CN3CCc4cc5c(cc4[C@H]3C[C@@H]2C1)OCO5. The summed E-state index contributed by atoms with van der Waals surface area (Å²) in [6, 6.07) is 4.91. The molecule has 3 aliphatic heterocycles. The lowest BCUT2D eigenvalue weighted by Crippen LogP contribution is -2.48. The minimum Gasteiger partial charge on any atom is -0.454 e. The molecule has 3 heterocycles. The predicted molar refractivity (Wildman–Crippen MR) is 82.0 cm³/mol. The van der Waals surface area contributed by atoms with E-state index < -0.39 is 0 Å². The third-order valence-electron chi connectivity index (χ3n) is 6.21. The Morgan fingerprint density at radius 2 is 1.91 bits per heavy atom. The monoisotopic (exact) mass is 301 g/mol. The van der Waals surface area contributed by atoms with Crippen LogP contribution in [0.1, 0.15) is 42.9 Å². The highest BCUT2D eigenvalue weighted by Gasteiger charge is 2.41. The van der Waals surface area contributed by atoms with Crippen LogP contribution in [0.2, 0.25) is 0 Å². The van der Waals surface area contributed by atoms with E-state index in [1.165, 1.54) is 30.5 Å². The van der Waals surface area contributed by atoms with Gasteiger partial charge in [0.15, 0.2) is 11.5 Å². The summed E-state index contributed by atoms with van der Waals surface area (Å²) in [5.74, 6) is 3.29. The topological polar surface area (TPSA) is 41.9 Å². The zero-order valence-corrected chi connectivity index (χ0v) is 12.8. The minimum atomic E-state index is -0.0763. The van der Waals surface area contributed by atoms with Gasteiger partial charge < -0.3 is 14.6 Å². The van der Waals surface area contributed by atoms with Gasteiger partial charge in [-0.2, -0.15) is 0 Å². The number of ether oxygens (including phenoxy) is 2. The van der Waals surface area contributed by atoms with Crippen LogP contribution in [0.25, 0.3) is 0 Å². The number of hydrogen-bond acceptors (Lipinski definition) is 4. The zero-order valence-electron chi connectivity index (χ0n) is 12.8. The molecule has 1 aromatic carbocycles. The van der Waals surface area contributed by atoms with E-state index in [9.17, 15) is 5.11 Å². The van der Waals surface area contributed by atoms with Crippen LogP contribution in [-0.4, -0.2) is 36.0 Å². The number of rotatable bonds is 0. The van der Waals surface area contributed by atoms with Gasteiger partial charge in [-0.1, -0.05) is 0 Å². The summed E-state index contributed by atoms with van der Waals surface area (Å²) < 4.78 is 11.1. The van der Waals surface area contributed by atoms with Crippen LogP contribution in [0.3, 0.4) is 0 Å². The van der Waals surface area contributed by atoms with Crippen LogP contribution in [0, 0.1) is 11.8 Å². The molecule has 4 heteroatoms. The first kappa shape index (κ1) is 13.2. The second-order valence-electron chi connectivity index (χ2n) is 7.39. The highest BCUT2D eigenvalue weighted by atomic mass is 16.7. The summed E-state index contributed by atoms with van der Waals surface area (Å²) in [4.78, 5) is 2.67. The lowest BCUT2D eigenvalue weighted by molar-refractivity contribution is -0.00983. The first-order chi connectivity index (χ1) is 10.8. The van der Waals surface area contributed by atoms with Crippen molar-refractivity contribution < 1.29 is 14.6 Å². The average Bonchev–Trinajstić information content (AvgIpc) is 2.98. The number of aliphatic hydroxyl groups excluding tert-OH is 1. The molecule has 1 unspecified atom stereocenters. The molecule has 1 saturated heterocycles.